The third kappa shape index (κ3) is 78.9. The zero-order chi connectivity index (χ0) is 65.6. The molecular weight excluding hydrogens is 1220 g/mol. The van der Waals surface area contributed by atoms with Gasteiger partial charge in [0.15, 0.2) is 0 Å². The van der Waals surface area contributed by atoms with E-state index in [9.17, 15) is 14.4 Å². The fraction of sp³-hybridized carbons (Fsp3) is 0.857. The van der Waals surface area contributed by atoms with Crippen LogP contribution in [-0.2, 0) is 42.8 Å². The van der Waals surface area contributed by atoms with Crippen molar-refractivity contribution in [3.63, 3.8) is 0 Å². The zero-order valence-electron chi connectivity index (χ0n) is 56.9. The van der Waals surface area contributed by atoms with Gasteiger partial charge in [-0.1, -0.05) is 197 Å². The van der Waals surface area contributed by atoms with Gasteiger partial charge in [0, 0.05) is 112 Å². The maximum absolute atomic E-state index is 11.6. The van der Waals surface area contributed by atoms with Crippen LogP contribution in [0.15, 0.2) is 0 Å². The van der Waals surface area contributed by atoms with Crippen LogP contribution in [-0.4, -0.2) is 207 Å². The Hall–Kier alpha value is -1.29. The van der Waals surface area contributed by atoms with Crippen LogP contribution in [0.5, 0.6) is 0 Å². The largest absolute Gasteiger partial charge is 0.379 e. The molecular formula is C63H123N9O9S6. The highest BCUT2D eigenvalue weighted by Crippen LogP contribution is 2.33. The van der Waals surface area contributed by atoms with Crippen LogP contribution in [0.3, 0.4) is 0 Å². The Morgan fingerprint density at radius 2 is 0.724 bits per heavy atom. The van der Waals surface area contributed by atoms with Crippen LogP contribution >= 0.6 is 64.8 Å². The van der Waals surface area contributed by atoms with E-state index in [2.05, 4.69) is 160 Å². The molecule has 510 valence electrons. The second kappa shape index (κ2) is 66.2. The Morgan fingerprint density at radius 3 is 1.08 bits per heavy atom. The van der Waals surface area contributed by atoms with Crippen LogP contribution < -0.4 is 47.9 Å². The molecule has 0 aliphatic rings. The molecule has 18 nitrogen and oxygen atoms in total. The molecule has 0 aromatic rings. The molecule has 0 heterocycles. The summed E-state index contributed by atoms with van der Waals surface area (Å²) >= 11 is 0. The molecule has 0 radical (unpaired) electrons. The van der Waals surface area contributed by atoms with Crippen molar-refractivity contribution in [3.8, 4) is 35.5 Å². The highest BCUT2D eigenvalue weighted by molar-refractivity contribution is 8.77. The Kier molecular flexibility index (Phi) is 68.4. The molecule has 0 aromatic carbocycles. The lowest BCUT2D eigenvalue weighted by Crippen LogP contribution is -2.37. The van der Waals surface area contributed by atoms with Gasteiger partial charge in [-0.3, -0.25) is 14.4 Å². The van der Waals surface area contributed by atoms with Gasteiger partial charge < -0.3 is 76.3 Å². The van der Waals surface area contributed by atoms with E-state index < -0.39 is 0 Å². The minimum Gasteiger partial charge on any atom is -0.379 e. The monoisotopic (exact) mass is 1340 g/mol. The first-order valence-corrected chi connectivity index (χ1v) is 38.6. The van der Waals surface area contributed by atoms with Crippen LogP contribution in [0.4, 0.5) is 0 Å². The number of nitrogens with one attached hydrogen (secondary N) is 9. The molecule has 87 heavy (non-hydrogen) atoms. The quantitative estimate of drug-likeness (QED) is 0.0121. The lowest BCUT2D eigenvalue weighted by molar-refractivity contribution is -0.122. The van der Waals surface area contributed by atoms with Gasteiger partial charge in [-0.15, -0.1) is 0 Å². The molecule has 9 N–H and O–H groups in total. The maximum atomic E-state index is 11.6. The van der Waals surface area contributed by atoms with Gasteiger partial charge >= 0.3 is 0 Å². The van der Waals surface area contributed by atoms with Crippen molar-refractivity contribution in [1.82, 2.24) is 47.9 Å². The van der Waals surface area contributed by atoms with E-state index in [1.807, 2.05) is 106 Å². The fourth-order valence-electron chi connectivity index (χ4n) is 6.02. The average Bonchev–Trinajstić information content (AvgIpc) is 3.52. The number of hydrogen-bond acceptors (Lipinski definition) is 21. The van der Waals surface area contributed by atoms with E-state index in [1.54, 1.807) is 0 Å². The molecule has 3 amide bonds. The molecule has 0 rings (SSSR count). The summed E-state index contributed by atoms with van der Waals surface area (Å²) in [7, 11) is 11.3. The Balaban J connectivity index is -0.00000122. The summed E-state index contributed by atoms with van der Waals surface area (Å²) in [4.78, 5) is 34.8. The number of amides is 3. The topological polar surface area (TPSA) is 215 Å². The minimum absolute atomic E-state index is 0.00919. The van der Waals surface area contributed by atoms with Crippen molar-refractivity contribution in [2.45, 2.75) is 171 Å². The van der Waals surface area contributed by atoms with Crippen LogP contribution in [0.25, 0.3) is 0 Å². The maximum Gasteiger partial charge on any atom is 0.223 e. The number of carbonyl (C=O) groups is 3. The van der Waals surface area contributed by atoms with Crippen molar-refractivity contribution in [1.29, 1.82) is 0 Å². The van der Waals surface area contributed by atoms with Crippen LogP contribution in [0.2, 0.25) is 0 Å². The average molecular weight is 1340 g/mol. The Bertz CT molecular complexity index is 1800. The summed E-state index contributed by atoms with van der Waals surface area (Å²) in [5.41, 5.74) is 0. The van der Waals surface area contributed by atoms with E-state index in [4.69, 9.17) is 28.4 Å². The number of rotatable bonds is 52. The van der Waals surface area contributed by atoms with Crippen molar-refractivity contribution in [3.05, 3.63) is 0 Å². The molecule has 0 aliphatic heterocycles. The molecule has 0 saturated carbocycles. The standard InChI is InChI=1S/C22H43N3O3S2.C21H41N3O3S2.C20H39N3O3S2/c1-18(2)8-7-10-24-21(26)9-13-27-15-16-28-14-11-25-22(19(3)4)30-29-17-12-23-20(5)6;1-18(2)8-7-10-23-20(25)9-13-26-15-16-27-14-11-24-21(5,6)29-28-17-12-22-19(3)4;1-17(2)7-6-9-23-20(24)8-12-25-14-15-26-13-10-22-19(5)28-27-16-11-21-18(3)4/h18-20,22-23,25H,9-17H2,1-6H3,(H,24,26);18-19,22,24H,9-17H2,1-6H3,(H,23,25);17-19,21-22H,8-16H2,1-5H3,(H,23,24). The van der Waals surface area contributed by atoms with Gasteiger partial charge in [-0.25, -0.2) is 0 Å². The second-order valence-corrected chi connectivity index (χ2v) is 30.9. The third-order valence-corrected chi connectivity index (χ3v) is 19.2. The van der Waals surface area contributed by atoms with E-state index in [0.717, 1.165) is 56.5 Å². The van der Waals surface area contributed by atoms with E-state index in [1.165, 1.54) is 0 Å². The lowest BCUT2D eigenvalue weighted by atomic mass is 10.2. The van der Waals surface area contributed by atoms with Gasteiger partial charge in [0.1, 0.15) is 0 Å². The molecule has 2 unspecified atom stereocenters. The van der Waals surface area contributed by atoms with E-state index in [0.29, 0.717) is 171 Å². The Morgan fingerprint density at radius 1 is 0.391 bits per heavy atom. The first-order chi connectivity index (χ1) is 41.5. The van der Waals surface area contributed by atoms with Gasteiger partial charge in [0.2, 0.25) is 17.7 Å². The molecule has 0 fully saturated rings. The molecule has 0 aliphatic carbocycles. The van der Waals surface area contributed by atoms with Gasteiger partial charge in [-0.05, 0) is 26.7 Å². The highest BCUT2D eigenvalue weighted by Gasteiger charge is 2.18. The molecule has 24 heteroatoms. The SMILES string of the molecule is CC(C)C#CCNC(=O)CCOCCOCCNC(C)(C)SSCCNC(C)C.CC(C)C#CCNC(=O)CCOCCOCCNC(C)SSCCNC(C)C.CC(C)C#CCNC(=O)CCOCCOCCNC(SSCCNC(C)C)C(C)C. The lowest BCUT2D eigenvalue weighted by Gasteiger charge is -2.25. The summed E-state index contributed by atoms with van der Waals surface area (Å²) in [6.07, 6.45) is 1.05. The predicted molar refractivity (Wildman–Crippen MR) is 381 cm³/mol. The molecule has 0 saturated heterocycles. The normalized spacial score (nSPS) is 12.0. The second-order valence-electron chi connectivity index (χ2n) is 22.4. The van der Waals surface area contributed by atoms with Crippen molar-refractivity contribution >= 4 is 82.5 Å². The van der Waals surface area contributed by atoms with Crippen molar-refractivity contribution in [2.24, 2.45) is 23.7 Å². The summed E-state index contributed by atoms with van der Waals surface area (Å²) in [6.45, 7) is 49.1. The highest BCUT2D eigenvalue weighted by atomic mass is 33.1. The predicted octanol–water partition coefficient (Wildman–Crippen LogP) is 8.53. The third-order valence-electron chi connectivity index (χ3n) is 10.4. The number of carbonyl (C=O) groups excluding carboxylic acids is 3. The summed E-state index contributed by atoms with van der Waals surface area (Å²) in [5, 5.41) is 29.8. The minimum atomic E-state index is -0.0363. The number of ether oxygens (including phenoxy) is 6. The summed E-state index contributed by atoms with van der Waals surface area (Å²) in [6, 6.07) is 1.63. The molecule has 2 atom stereocenters. The fourth-order valence-corrected chi connectivity index (χ4v) is 13.1. The molecule has 0 spiro atoms. The summed E-state index contributed by atoms with van der Waals surface area (Å²) < 4.78 is 33.0. The zero-order valence-corrected chi connectivity index (χ0v) is 61.8. The van der Waals surface area contributed by atoms with Gasteiger partial charge in [0.25, 0.3) is 0 Å². The van der Waals surface area contributed by atoms with Crippen LogP contribution in [0.1, 0.15) is 137 Å². The Labute approximate surface area is 554 Å². The van der Waals surface area contributed by atoms with E-state index >= 15 is 0 Å². The van der Waals surface area contributed by atoms with Crippen molar-refractivity contribution < 1.29 is 42.8 Å². The van der Waals surface area contributed by atoms with Crippen molar-refractivity contribution in [2.75, 3.05) is 155 Å². The smallest absolute Gasteiger partial charge is 0.223 e. The van der Waals surface area contributed by atoms with Gasteiger partial charge in [-0.2, -0.15) is 0 Å². The molecule has 0 bridgehead atoms. The summed E-state index contributed by atoms with van der Waals surface area (Å²) in [5.74, 6) is 22.5. The molecule has 0 aromatic heterocycles. The van der Waals surface area contributed by atoms with Crippen LogP contribution in [0, 0.1) is 59.2 Å². The van der Waals surface area contributed by atoms with Gasteiger partial charge in [0.05, 0.1) is 115 Å². The first kappa shape index (κ1) is 89.9. The first-order valence-electron chi connectivity index (χ1n) is 31.5. The van der Waals surface area contributed by atoms with E-state index in [-0.39, 0.29) is 22.6 Å². The number of hydrogen-bond donors (Lipinski definition) is 9.